The minimum absolute atomic E-state index is 0.0208. The molecule has 0 saturated carbocycles. The fourth-order valence-corrected chi connectivity index (χ4v) is 1.98. The summed E-state index contributed by atoms with van der Waals surface area (Å²) < 4.78 is 17.6. The highest BCUT2D eigenvalue weighted by Crippen LogP contribution is 2.22. The first-order valence-electron chi connectivity index (χ1n) is 7.15. The average Bonchev–Trinajstić information content (AvgIpc) is 2.60. The van der Waals surface area contributed by atoms with Crippen molar-refractivity contribution in [1.82, 2.24) is 5.32 Å². The van der Waals surface area contributed by atoms with Gasteiger partial charge < -0.3 is 20.5 Å². The lowest BCUT2D eigenvalue weighted by molar-refractivity contribution is -0.136. The van der Waals surface area contributed by atoms with Crippen molar-refractivity contribution >= 4 is 23.5 Å². The summed E-state index contributed by atoms with van der Waals surface area (Å²) in [6, 6.07) is 9.28. The van der Waals surface area contributed by atoms with E-state index in [1.807, 2.05) is 0 Å². The summed E-state index contributed by atoms with van der Waals surface area (Å²) in [5.41, 5.74) is 0.475. The van der Waals surface area contributed by atoms with Crippen LogP contribution in [0.4, 0.5) is 10.1 Å². The van der Waals surface area contributed by atoms with Crippen molar-refractivity contribution in [2.75, 3.05) is 12.4 Å². The molecule has 3 N–H and O–H groups in total. The van der Waals surface area contributed by atoms with Crippen LogP contribution < -0.4 is 10.6 Å². The maximum Gasteiger partial charge on any atom is 0.341 e. The van der Waals surface area contributed by atoms with Gasteiger partial charge in [-0.2, -0.15) is 0 Å². The number of esters is 1. The van der Waals surface area contributed by atoms with Crippen molar-refractivity contribution in [3.8, 4) is 5.75 Å². The molecule has 0 fully saturated rings. The summed E-state index contributed by atoms with van der Waals surface area (Å²) in [6.07, 6.45) is 0. The standard InChI is InChI=1S/C17H15FN2O5/c1-25-17(24)13-8-12(5-6-14(13)21)20-16(23)15(22)19-9-10-3-2-4-11(18)7-10/h2-8,21H,9H2,1H3,(H,19,22)(H,20,23). The van der Waals surface area contributed by atoms with E-state index >= 15 is 0 Å². The van der Waals surface area contributed by atoms with Crippen LogP contribution in [0.3, 0.4) is 0 Å². The second-order valence-corrected chi connectivity index (χ2v) is 4.99. The fraction of sp³-hybridized carbons (Fsp3) is 0.118. The number of rotatable bonds is 4. The van der Waals surface area contributed by atoms with E-state index in [1.54, 1.807) is 6.07 Å². The van der Waals surface area contributed by atoms with Gasteiger partial charge in [0.15, 0.2) is 0 Å². The van der Waals surface area contributed by atoms with Gasteiger partial charge in [0.05, 0.1) is 7.11 Å². The fourth-order valence-electron chi connectivity index (χ4n) is 1.98. The largest absolute Gasteiger partial charge is 0.507 e. The number of ether oxygens (including phenoxy) is 1. The quantitative estimate of drug-likeness (QED) is 0.443. The molecular weight excluding hydrogens is 331 g/mol. The van der Waals surface area contributed by atoms with E-state index in [1.165, 1.54) is 36.4 Å². The van der Waals surface area contributed by atoms with Crippen LogP contribution >= 0.6 is 0 Å². The maximum atomic E-state index is 13.1. The highest BCUT2D eigenvalue weighted by atomic mass is 19.1. The predicted molar refractivity (Wildman–Crippen MR) is 86.3 cm³/mol. The van der Waals surface area contributed by atoms with Gasteiger partial charge in [-0.05, 0) is 35.9 Å². The topological polar surface area (TPSA) is 105 Å². The molecule has 2 amide bonds. The number of phenols is 1. The number of carbonyl (C=O) groups is 3. The highest BCUT2D eigenvalue weighted by Gasteiger charge is 2.16. The molecule has 0 radical (unpaired) electrons. The molecule has 0 saturated heterocycles. The lowest BCUT2D eigenvalue weighted by Crippen LogP contribution is -2.35. The van der Waals surface area contributed by atoms with Crippen LogP contribution in [-0.2, 0) is 20.9 Å². The van der Waals surface area contributed by atoms with Gasteiger partial charge in [-0.1, -0.05) is 12.1 Å². The zero-order valence-corrected chi connectivity index (χ0v) is 13.2. The van der Waals surface area contributed by atoms with Crippen molar-refractivity contribution in [3.63, 3.8) is 0 Å². The van der Waals surface area contributed by atoms with Gasteiger partial charge in [-0.15, -0.1) is 0 Å². The molecule has 2 rings (SSSR count). The molecule has 0 aliphatic heterocycles. The van der Waals surface area contributed by atoms with Crippen LogP contribution in [0.15, 0.2) is 42.5 Å². The van der Waals surface area contributed by atoms with E-state index in [9.17, 15) is 23.9 Å². The van der Waals surface area contributed by atoms with Gasteiger partial charge in [0.2, 0.25) is 0 Å². The van der Waals surface area contributed by atoms with E-state index < -0.39 is 23.6 Å². The molecule has 25 heavy (non-hydrogen) atoms. The van der Waals surface area contributed by atoms with Gasteiger partial charge in [0.25, 0.3) is 0 Å². The number of hydrogen-bond acceptors (Lipinski definition) is 5. The van der Waals surface area contributed by atoms with Crippen LogP contribution in [0.5, 0.6) is 5.75 Å². The summed E-state index contributed by atoms with van der Waals surface area (Å²) in [5.74, 6) is -3.46. The zero-order chi connectivity index (χ0) is 18.4. The maximum absolute atomic E-state index is 13.1. The summed E-state index contributed by atoms with van der Waals surface area (Å²) in [6.45, 7) is -0.0208. The molecule has 0 heterocycles. The van der Waals surface area contributed by atoms with Crippen LogP contribution in [-0.4, -0.2) is 30.0 Å². The minimum atomic E-state index is -0.974. The smallest absolute Gasteiger partial charge is 0.341 e. The third-order valence-corrected chi connectivity index (χ3v) is 3.21. The summed E-state index contributed by atoms with van der Waals surface area (Å²) in [5, 5.41) is 14.2. The van der Waals surface area contributed by atoms with Crippen molar-refractivity contribution in [2.24, 2.45) is 0 Å². The number of methoxy groups -OCH3 is 1. The number of halogens is 1. The molecule has 0 aliphatic carbocycles. The number of anilines is 1. The lowest BCUT2D eigenvalue weighted by Gasteiger charge is -2.09. The Kier molecular flexibility index (Phi) is 5.67. The van der Waals surface area contributed by atoms with E-state index in [2.05, 4.69) is 15.4 Å². The van der Waals surface area contributed by atoms with Crippen LogP contribution in [0.25, 0.3) is 0 Å². The number of nitrogens with one attached hydrogen (secondary N) is 2. The Bertz CT molecular complexity index is 822. The van der Waals surface area contributed by atoms with Gasteiger partial charge in [-0.3, -0.25) is 9.59 Å². The Morgan fingerprint density at radius 2 is 1.88 bits per heavy atom. The van der Waals surface area contributed by atoms with Crippen molar-refractivity contribution in [2.45, 2.75) is 6.54 Å². The van der Waals surface area contributed by atoms with E-state index in [0.717, 1.165) is 7.11 Å². The highest BCUT2D eigenvalue weighted by molar-refractivity contribution is 6.39. The molecule has 0 aliphatic rings. The van der Waals surface area contributed by atoms with Gasteiger partial charge >= 0.3 is 17.8 Å². The molecule has 0 aromatic heterocycles. The van der Waals surface area contributed by atoms with E-state index in [4.69, 9.17) is 0 Å². The molecule has 8 heteroatoms. The van der Waals surface area contributed by atoms with Crippen molar-refractivity contribution < 1.29 is 28.6 Å². The number of amides is 2. The molecule has 0 unspecified atom stereocenters. The van der Waals surface area contributed by atoms with Gasteiger partial charge in [0.1, 0.15) is 17.1 Å². The number of benzene rings is 2. The first-order chi connectivity index (χ1) is 11.9. The Labute approximate surface area is 142 Å². The molecule has 0 atom stereocenters. The minimum Gasteiger partial charge on any atom is -0.507 e. The van der Waals surface area contributed by atoms with Crippen LogP contribution in [0.2, 0.25) is 0 Å². The molecule has 130 valence electrons. The van der Waals surface area contributed by atoms with Crippen LogP contribution in [0, 0.1) is 5.82 Å². The summed E-state index contributed by atoms with van der Waals surface area (Å²) in [4.78, 5) is 35.1. The van der Waals surface area contributed by atoms with Crippen LogP contribution in [0.1, 0.15) is 15.9 Å². The lowest BCUT2D eigenvalue weighted by atomic mass is 10.1. The molecule has 7 nitrogen and oxygen atoms in total. The molecule has 2 aromatic carbocycles. The Morgan fingerprint density at radius 1 is 1.12 bits per heavy atom. The van der Waals surface area contributed by atoms with Gasteiger partial charge in [0, 0.05) is 12.2 Å². The molecular formula is C17H15FN2O5. The van der Waals surface area contributed by atoms with Crippen molar-refractivity contribution in [1.29, 1.82) is 0 Å². The van der Waals surface area contributed by atoms with E-state index in [0.29, 0.717) is 5.56 Å². The third kappa shape index (κ3) is 4.77. The molecule has 0 bridgehead atoms. The third-order valence-electron chi connectivity index (χ3n) is 3.21. The zero-order valence-electron chi connectivity index (χ0n) is 13.2. The summed E-state index contributed by atoms with van der Waals surface area (Å²) >= 11 is 0. The second kappa shape index (κ2) is 7.91. The number of hydrogen-bond donors (Lipinski definition) is 3. The second-order valence-electron chi connectivity index (χ2n) is 4.99. The SMILES string of the molecule is COC(=O)c1cc(NC(=O)C(=O)NCc2cccc(F)c2)ccc1O. The normalized spacial score (nSPS) is 10.0. The number of aromatic hydroxyl groups is 1. The van der Waals surface area contributed by atoms with E-state index in [-0.39, 0.29) is 23.5 Å². The summed E-state index contributed by atoms with van der Waals surface area (Å²) in [7, 11) is 1.15. The monoisotopic (exact) mass is 346 g/mol. The molecule has 0 spiro atoms. The molecule has 2 aromatic rings. The van der Waals surface area contributed by atoms with Crippen molar-refractivity contribution in [3.05, 3.63) is 59.4 Å². The Morgan fingerprint density at radius 3 is 2.56 bits per heavy atom. The number of carbonyl (C=O) groups excluding carboxylic acids is 3. The predicted octanol–water partition coefficient (Wildman–Crippen LogP) is 1.57. The first kappa shape index (κ1) is 17.9. The first-order valence-corrected chi connectivity index (χ1v) is 7.15. The average molecular weight is 346 g/mol. The Hall–Kier alpha value is -3.42. The number of phenolic OH excluding ortho intramolecular Hbond substituents is 1. The Balaban J connectivity index is 1.99. The van der Waals surface area contributed by atoms with Gasteiger partial charge in [-0.25, -0.2) is 9.18 Å².